The number of carbonyl (C=O) groups is 1. The van der Waals surface area contributed by atoms with Crippen molar-refractivity contribution < 1.29 is 4.79 Å². The summed E-state index contributed by atoms with van der Waals surface area (Å²) in [5, 5.41) is 0. The molecule has 1 aliphatic heterocycles. The maximum Gasteiger partial charge on any atom is 0.274 e. The van der Waals surface area contributed by atoms with Gasteiger partial charge in [0.05, 0.1) is 0 Å². The number of hydrogen-bond acceptors (Lipinski definition) is 2. The summed E-state index contributed by atoms with van der Waals surface area (Å²) in [4.78, 5) is 18.4. The van der Waals surface area contributed by atoms with Gasteiger partial charge >= 0.3 is 0 Å². The zero-order chi connectivity index (χ0) is 11.8. The van der Waals surface area contributed by atoms with Gasteiger partial charge in [-0.1, -0.05) is 0 Å². The van der Waals surface area contributed by atoms with Crippen LogP contribution in [-0.2, 0) is 0 Å². The SMILES string of the molecule is CC1(C)CCCN1C(=O)c1ncccc1Br. The van der Waals surface area contributed by atoms with Gasteiger partial charge in [0, 0.05) is 22.8 Å². The van der Waals surface area contributed by atoms with Crippen molar-refractivity contribution in [2.75, 3.05) is 6.54 Å². The zero-order valence-corrected chi connectivity index (χ0v) is 11.1. The van der Waals surface area contributed by atoms with Crippen LogP contribution in [0.2, 0.25) is 0 Å². The van der Waals surface area contributed by atoms with Gasteiger partial charge in [-0.25, -0.2) is 4.98 Å². The second-order valence-corrected chi connectivity index (χ2v) is 5.56. The highest BCUT2D eigenvalue weighted by atomic mass is 79.9. The molecule has 0 N–H and O–H groups in total. The number of aromatic nitrogens is 1. The summed E-state index contributed by atoms with van der Waals surface area (Å²) in [7, 11) is 0. The van der Waals surface area contributed by atoms with E-state index in [2.05, 4.69) is 34.8 Å². The molecule has 0 radical (unpaired) electrons. The Balaban J connectivity index is 2.30. The fourth-order valence-corrected chi connectivity index (χ4v) is 2.58. The first-order chi connectivity index (χ1) is 7.52. The Kier molecular flexibility index (Phi) is 3.02. The molecule has 1 saturated heterocycles. The second kappa shape index (κ2) is 4.17. The van der Waals surface area contributed by atoms with Gasteiger partial charge in [-0.15, -0.1) is 0 Å². The number of rotatable bonds is 1. The monoisotopic (exact) mass is 282 g/mol. The Morgan fingerprint density at radius 3 is 2.88 bits per heavy atom. The van der Waals surface area contributed by atoms with Gasteiger partial charge in [0.25, 0.3) is 5.91 Å². The van der Waals surface area contributed by atoms with Crippen LogP contribution in [0.15, 0.2) is 22.8 Å². The van der Waals surface area contributed by atoms with Crippen LogP contribution in [0.5, 0.6) is 0 Å². The van der Waals surface area contributed by atoms with Crippen LogP contribution < -0.4 is 0 Å². The number of hydrogen-bond donors (Lipinski definition) is 0. The van der Waals surface area contributed by atoms with Crippen LogP contribution in [-0.4, -0.2) is 27.9 Å². The highest BCUT2D eigenvalue weighted by Crippen LogP contribution is 2.30. The normalized spacial score (nSPS) is 18.8. The molecule has 1 aliphatic rings. The van der Waals surface area contributed by atoms with E-state index in [0.29, 0.717) is 5.69 Å². The number of nitrogens with zero attached hydrogens (tertiary/aromatic N) is 2. The van der Waals surface area contributed by atoms with Crippen molar-refractivity contribution in [2.45, 2.75) is 32.2 Å². The molecule has 0 atom stereocenters. The zero-order valence-electron chi connectivity index (χ0n) is 9.53. The Morgan fingerprint density at radius 1 is 1.56 bits per heavy atom. The molecular formula is C12H15BrN2O. The summed E-state index contributed by atoms with van der Waals surface area (Å²) in [5.41, 5.74) is 0.464. The van der Waals surface area contributed by atoms with E-state index in [-0.39, 0.29) is 11.4 Å². The summed E-state index contributed by atoms with van der Waals surface area (Å²) >= 11 is 3.37. The quantitative estimate of drug-likeness (QED) is 0.794. The van der Waals surface area contributed by atoms with E-state index < -0.39 is 0 Å². The van der Waals surface area contributed by atoms with Crippen molar-refractivity contribution in [3.63, 3.8) is 0 Å². The number of amides is 1. The third kappa shape index (κ3) is 1.98. The number of halogens is 1. The van der Waals surface area contributed by atoms with Crippen LogP contribution >= 0.6 is 15.9 Å². The molecule has 0 aromatic carbocycles. The van der Waals surface area contributed by atoms with Crippen molar-refractivity contribution in [3.05, 3.63) is 28.5 Å². The molecule has 1 aromatic heterocycles. The van der Waals surface area contributed by atoms with E-state index >= 15 is 0 Å². The number of pyridine rings is 1. The third-order valence-electron chi connectivity index (χ3n) is 3.11. The molecule has 4 heteroatoms. The minimum absolute atomic E-state index is 0.0231. The Labute approximate surface area is 104 Å². The van der Waals surface area contributed by atoms with Crippen molar-refractivity contribution in [2.24, 2.45) is 0 Å². The van der Waals surface area contributed by atoms with Crippen LogP contribution in [0, 0.1) is 0 Å². The number of likely N-dealkylation sites (tertiary alicyclic amines) is 1. The van der Waals surface area contributed by atoms with Crippen molar-refractivity contribution in [3.8, 4) is 0 Å². The smallest absolute Gasteiger partial charge is 0.274 e. The second-order valence-electron chi connectivity index (χ2n) is 4.71. The Bertz CT molecular complexity index is 417. The summed E-state index contributed by atoms with van der Waals surface area (Å²) < 4.78 is 0.766. The molecular weight excluding hydrogens is 268 g/mol. The van der Waals surface area contributed by atoms with E-state index in [9.17, 15) is 4.79 Å². The lowest BCUT2D eigenvalue weighted by atomic mass is 10.0. The first-order valence-electron chi connectivity index (χ1n) is 5.45. The minimum atomic E-state index is -0.0476. The average Bonchev–Trinajstić information content (AvgIpc) is 2.58. The molecule has 1 fully saturated rings. The largest absolute Gasteiger partial charge is 0.332 e. The standard InChI is InChI=1S/C12H15BrN2O/c1-12(2)6-4-8-15(12)11(16)10-9(13)5-3-7-14-10/h3,5,7H,4,6,8H2,1-2H3. The summed E-state index contributed by atoms with van der Waals surface area (Å²) in [5.74, 6) is 0.0231. The summed E-state index contributed by atoms with van der Waals surface area (Å²) in [6.07, 6.45) is 3.79. The fraction of sp³-hybridized carbons (Fsp3) is 0.500. The highest BCUT2D eigenvalue weighted by molar-refractivity contribution is 9.10. The maximum absolute atomic E-state index is 12.3. The lowest BCUT2D eigenvalue weighted by Gasteiger charge is -2.31. The van der Waals surface area contributed by atoms with Gasteiger partial charge < -0.3 is 4.90 Å². The summed E-state index contributed by atoms with van der Waals surface area (Å²) in [6, 6.07) is 3.67. The van der Waals surface area contributed by atoms with Gasteiger partial charge in [0.2, 0.25) is 0 Å². The first-order valence-corrected chi connectivity index (χ1v) is 6.24. The van der Waals surface area contributed by atoms with Gasteiger partial charge in [-0.05, 0) is 54.8 Å². The van der Waals surface area contributed by atoms with Gasteiger partial charge in [-0.3, -0.25) is 4.79 Å². The van der Waals surface area contributed by atoms with Crippen LogP contribution in [0.25, 0.3) is 0 Å². The van der Waals surface area contributed by atoms with Gasteiger partial charge in [0.1, 0.15) is 5.69 Å². The van der Waals surface area contributed by atoms with Gasteiger partial charge in [0.15, 0.2) is 0 Å². The molecule has 2 heterocycles. The third-order valence-corrected chi connectivity index (χ3v) is 3.75. The fourth-order valence-electron chi connectivity index (χ4n) is 2.15. The maximum atomic E-state index is 12.3. The van der Waals surface area contributed by atoms with Crippen molar-refractivity contribution in [1.82, 2.24) is 9.88 Å². The molecule has 0 unspecified atom stereocenters. The van der Waals surface area contributed by atoms with E-state index in [1.165, 1.54) is 0 Å². The molecule has 0 saturated carbocycles. The van der Waals surface area contributed by atoms with Crippen molar-refractivity contribution in [1.29, 1.82) is 0 Å². The van der Waals surface area contributed by atoms with Crippen molar-refractivity contribution >= 4 is 21.8 Å². The van der Waals surface area contributed by atoms with E-state index in [1.54, 1.807) is 6.20 Å². The Hall–Kier alpha value is -0.900. The molecule has 1 aromatic rings. The van der Waals surface area contributed by atoms with Crippen LogP contribution in [0.1, 0.15) is 37.2 Å². The van der Waals surface area contributed by atoms with E-state index in [4.69, 9.17) is 0 Å². The Morgan fingerprint density at radius 2 is 2.31 bits per heavy atom. The molecule has 2 rings (SSSR count). The van der Waals surface area contributed by atoms with Gasteiger partial charge in [-0.2, -0.15) is 0 Å². The first kappa shape index (κ1) is 11.6. The van der Waals surface area contributed by atoms with Crippen LogP contribution in [0.4, 0.5) is 0 Å². The predicted molar refractivity (Wildman–Crippen MR) is 66.3 cm³/mol. The lowest BCUT2D eigenvalue weighted by molar-refractivity contribution is 0.0645. The molecule has 0 bridgehead atoms. The summed E-state index contributed by atoms with van der Waals surface area (Å²) in [6.45, 7) is 5.04. The topological polar surface area (TPSA) is 33.2 Å². The minimum Gasteiger partial charge on any atom is -0.332 e. The van der Waals surface area contributed by atoms with Crippen LogP contribution in [0.3, 0.4) is 0 Å². The molecule has 0 spiro atoms. The molecule has 86 valence electrons. The molecule has 0 aliphatic carbocycles. The molecule has 3 nitrogen and oxygen atoms in total. The molecule has 16 heavy (non-hydrogen) atoms. The predicted octanol–water partition coefficient (Wildman–Crippen LogP) is 2.86. The highest BCUT2D eigenvalue weighted by Gasteiger charge is 2.36. The number of carbonyl (C=O) groups excluding carboxylic acids is 1. The lowest BCUT2D eigenvalue weighted by Crippen LogP contribution is -2.43. The molecule has 1 amide bonds. The van der Waals surface area contributed by atoms with E-state index in [0.717, 1.165) is 23.9 Å². The van der Waals surface area contributed by atoms with E-state index in [1.807, 2.05) is 17.0 Å². The average molecular weight is 283 g/mol.